The third kappa shape index (κ3) is 8.50. The number of unbranched alkanes of at least 4 members (excludes halogenated alkanes) is 1. The van der Waals surface area contributed by atoms with E-state index < -0.39 is 23.5 Å². The lowest BCUT2D eigenvalue weighted by molar-refractivity contribution is -0.134. The highest BCUT2D eigenvalue weighted by Gasteiger charge is 2.33. The van der Waals surface area contributed by atoms with Gasteiger partial charge in [0.25, 0.3) is 0 Å². The molecule has 39 heavy (non-hydrogen) atoms. The van der Waals surface area contributed by atoms with E-state index in [1.807, 2.05) is 81.6 Å². The van der Waals surface area contributed by atoms with Gasteiger partial charge in [-0.05, 0) is 56.5 Å². The maximum atomic E-state index is 13.6. The first-order chi connectivity index (χ1) is 18.6. The van der Waals surface area contributed by atoms with Crippen molar-refractivity contribution >= 4 is 28.5 Å². The Hall–Kier alpha value is -3.49. The third-order valence-electron chi connectivity index (χ3n) is 7.00. The molecule has 0 saturated carbocycles. The van der Waals surface area contributed by atoms with E-state index in [4.69, 9.17) is 5.73 Å². The molecule has 0 aliphatic heterocycles. The van der Waals surface area contributed by atoms with Crippen LogP contribution in [0.3, 0.4) is 0 Å². The van der Waals surface area contributed by atoms with E-state index in [9.17, 15) is 14.4 Å². The predicted octanol–water partition coefficient (Wildman–Crippen LogP) is 3.25. The van der Waals surface area contributed by atoms with Crippen molar-refractivity contribution in [3.63, 3.8) is 0 Å². The number of aromatic amines is 1. The second kappa shape index (κ2) is 14.1. The van der Waals surface area contributed by atoms with Crippen molar-refractivity contribution in [2.75, 3.05) is 13.6 Å². The largest absolute Gasteiger partial charge is 0.361 e. The summed E-state index contributed by atoms with van der Waals surface area (Å²) < 4.78 is 0. The minimum Gasteiger partial charge on any atom is -0.361 e. The summed E-state index contributed by atoms with van der Waals surface area (Å²) in [4.78, 5) is 43.6. The number of aromatic nitrogens is 1. The highest BCUT2D eigenvalue weighted by Crippen LogP contribution is 2.21. The lowest BCUT2D eigenvalue weighted by Crippen LogP contribution is -2.56. The lowest BCUT2D eigenvalue weighted by atomic mass is 9.84. The fraction of sp³-hybridized carbons (Fsp3) is 0.452. The van der Waals surface area contributed by atoms with Gasteiger partial charge in [0.05, 0.1) is 12.1 Å². The van der Waals surface area contributed by atoms with Crippen molar-refractivity contribution in [1.29, 1.82) is 0 Å². The number of carbonyl (C=O) groups is 3. The Morgan fingerprint density at radius 3 is 2.15 bits per heavy atom. The van der Waals surface area contributed by atoms with Crippen LogP contribution in [0.4, 0.5) is 0 Å². The van der Waals surface area contributed by atoms with Gasteiger partial charge >= 0.3 is 0 Å². The van der Waals surface area contributed by atoms with Crippen LogP contribution in [0.25, 0.3) is 10.9 Å². The number of hydrogen-bond donors (Lipinski definition) is 5. The van der Waals surface area contributed by atoms with Crippen LogP contribution in [-0.4, -0.2) is 54.3 Å². The number of Topliss-reactive ketones (excluding diaryl/α,β-unsaturated/α-hetero) is 1. The molecule has 210 valence electrons. The topological polar surface area (TPSA) is 129 Å². The summed E-state index contributed by atoms with van der Waals surface area (Å²) in [7, 11) is 1.74. The number of benzene rings is 2. The second-order valence-corrected chi connectivity index (χ2v) is 11.1. The van der Waals surface area contributed by atoms with E-state index in [2.05, 4.69) is 20.9 Å². The van der Waals surface area contributed by atoms with E-state index in [1.54, 1.807) is 7.05 Å². The van der Waals surface area contributed by atoms with Crippen LogP contribution < -0.4 is 21.7 Å². The fourth-order valence-corrected chi connectivity index (χ4v) is 4.73. The van der Waals surface area contributed by atoms with Crippen LogP contribution in [-0.2, 0) is 27.2 Å². The van der Waals surface area contributed by atoms with Crippen LogP contribution in [0.5, 0.6) is 0 Å². The lowest BCUT2D eigenvalue weighted by Gasteiger charge is -2.28. The van der Waals surface area contributed by atoms with Gasteiger partial charge in [-0.15, -0.1) is 0 Å². The Kier molecular flexibility index (Phi) is 10.8. The molecule has 0 spiro atoms. The zero-order chi connectivity index (χ0) is 28.4. The van der Waals surface area contributed by atoms with Gasteiger partial charge in [0.15, 0.2) is 5.78 Å². The molecule has 3 atom stereocenters. The highest BCUT2D eigenvalue weighted by atomic mass is 16.2. The molecule has 1 heterocycles. The molecule has 0 fully saturated rings. The van der Waals surface area contributed by atoms with Gasteiger partial charge in [0.2, 0.25) is 11.8 Å². The van der Waals surface area contributed by atoms with Crippen molar-refractivity contribution in [2.45, 2.75) is 71.0 Å². The number of nitrogens with one attached hydrogen (secondary N) is 4. The minimum atomic E-state index is -0.844. The molecule has 0 radical (unpaired) electrons. The molecule has 1 aromatic heterocycles. The van der Waals surface area contributed by atoms with Crippen LogP contribution in [0.2, 0.25) is 0 Å². The average molecular weight is 534 g/mol. The number of ketones is 1. The van der Waals surface area contributed by atoms with Crippen molar-refractivity contribution in [3.05, 3.63) is 71.9 Å². The van der Waals surface area contributed by atoms with Gasteiger partial charge in [-0.2, -0.15) is 0 Å². The second-order valence-electron chi connectivity index (χ2n) is 11.1. The number of para-hydroxylation sites is 1. The summed E-state index contributed by atoms with van der Waals surface area (Å²) in [6, 6.07) is 15.5. The number of fused-ring (bicyclic) bond motifs is 1. The molecule has 0 aliphatic carbocycles. The molecule has 0 aliphatic rings. The van der Waals surface area contributed by atoms with Gasteiger partial charge in [0.1, 0.15) is 6.04 Å². The Morgan fingerprint density at radius 2 is 1.49 bits per heavy atom. The Labute approximate surface area is 231 Å². The summed E-state index contributed by atoms with van der Waals surface area (Å²) in [6.07, 6.45) is 4.68. The quantitative estimate of drug-likeness (QED) is 0.203. The van der Waals surface area contributed by atoms with E-state index in [0.717, 1.165) is 34.9 Å². The van der Waals surface area contributed by atoms with Crippen LogP contribution >= 0.6 is 0 Å². The van der Waals surface area contributed by atoms with Crippen LogP contribution in [0, 0.1) is 5.41 Å². The Balaban J connectivity index is 1.79. The Morgan fingerprint density at radius 1 is 0.846 bits per heavy atom. The van der Waals surface area contributed by atoms with Gasteiger partial charge < -0.3 is 26.7 Å². The number of hydrogen-bond acceptors (Lipinski definition) is 5. The van der Waals surface area contributed by atoms with Crippen molar-refractivity contribution in [1.82, 2.24) is 20.9 Å². The Bertz CT molecular complexity index is 1230. The van der Waals surface area contributed by atoms with E-state index >= 15 is 0 Å². The highest BCUT2D eigenvalue weighted by molar-refractivity contribution is 5.95. The number of carbonyl (C=O) groups excluding carboxylic acids is 3. The zero-order valence-electron chi connectivity index (χ0n) is 23.6. The summed E-state index contributed by atoms with van der Waals surface area (Å²) in [5.74, 6) is -0.685. The molecule has 3 rings (SSSR count). The van der Waals surface area contributed by atoms with Gasteiger partial charge in [-0.1, -0.05) is 69.3 Å². The first-order valence-electron chi connectivity index (χ1n) is 13.7. The summed E-state index contributed by atoms with van der Waals surface area (Å²) in [6.45, 7) is 6.08. The van der Waals surface area contributed by atoms with Gasteiger partial charge in [0, 0.05) is 28.9 Å². The van der Waals surface area contributed by atoms with Crippen molar-refractivity contribution in [2.24, 2.45) is 11.1 Å². The first-order valence-corrected chi connectivity index (χ1v) is 13.7. The molecule has 2 aromatic carbocycles. The standard InChI is InChI=1S/C31H43N5O3/c1-31(2,3)28(37)25(16-10-11-17-32)35-30(39)27(18-21-12-6-5-7-13-21)36-29(38)26(33-4)19-22-20-34-24-15-9-8-14-23(22)24/h5-9,12-15,20,25-27,33-34H,10-11,16-19,32H2,1-4H3,(H,35,39)(H,36,38)/t25-,26-,27+/m0/s1. The number of H-pyrrole nitrogens is 1. The number of likely N-dealkylation sites (N-methyl/N-ethyl adjacent to an activating group) is 1. The number of rotatable bonds is 14. The maximum absolute atomic E-state index is 13.6. The monoisotopic (exact) mass is 533 g/mol. The predicted molar refractivity (Wildman–Crippen MR) is 156 cm³/mol. The average Bonchev–Trinajstić information content (AvgIpc) is 3.33. The fourth-order valence-electron chi connectivity index (χ4n) is 4.73. The number of nitrogens with two attached hydrogens (primary N) is 1. The van der Waals surface area contributed by atoms with E-state index in [0.29, 0.717) is 25.8 Å². The molecule has 3 aromatic rings. The smallest absolute Gasteiger partial charge is 0.243 e. The van der Waals surface area contributed by atoms with Gasteiger partial charge in [-0.3, -0.25) is 14.4 Å². The molecule has 2 amide bonds. The number of amides is 2. The molecular weight excluding hydrogens is 490 g/mol. The summed E-state index contributed by atoms with van der Waals surface area (Å²) >= 11 is 0. The molecule has 8 nitrogen and oxygen atoms in total. The molecular formula is C31H43N5O3. The SMILES string of the molecule is CN[C@@H](Cc1c[nH]c2ccccc12)C(=O)N[C@H](Cc1ccccc1)C(=O)N[C@@H](CCCCN)C(=O)C(C)(C)C. The molecule has 6 N–H and O–H groups in total. The molecule has 0 saturated heterocycles. The van der Waals surface area contributed by atoms with E-state index in [-0.39, 0.29) is 17.6 Å². The summed E-state index contributed by atoms with van der Waals surface area (Å²) in [5.41, 5.74) is 7.98. The zero-order valence-corrected chi connectivity index (χ0v) is 23.6. The van der Waals surface area contributed by atoms with Crippen molar-refractivity contribution < 1.29 is 14.4 Å². The van der Waals surface area contributed by atoms with Gasteiger partial charge in [-0.25, -0.2) is 0 Å². The van der Waals surface area contributed by atoms with E-state index in [1.165, 1.54) is 0 Å². The van der Waals surface area contributed by atoms with Crippen LogP contribution in [0.15, 0.2) is 60.8 Å². The normalized spacial score (nSPS) is 14.0. The first kappa shape index (κ1) is 30.1. The molecule has 0 bridgehead atoms. The molecule has 0 unspecified atom stereocenters. The molecule has 8 heteroatoms. The third-order valence-corrected chi connectivity index (χ3v) is 7.00. The van der Waals surface area contributed by atoms with Crippen LogP contribution in [0.1, 0.15) is 51.2 Å². The minimum absolute atomic E-state index is 0.0369. The maximum Gasteiger partial charge on any atom is 0.243 e. The summed E-state index contributed by atoms with van der Waals surface area (Å²) in [5, 5.41) is 10.1. The van der Waals surface area contributed by atoms with Crippen molar-refractivity contribution in [3.8, 4) is 0 Å².